The van der Waals surface area contributed by atoms with E-state index in [0.29, 0.717) is 6.04 Å². The predicted molar refractivity (Wildman–Crippen MR) is 78.5 cm³/mol. The molecule has 0 bridgehead atoms. The van der Waals surface area contributed by atoms with Crippen LogP contribution in [0.15, 0.2) is 24.3 Å². The Morgan fingerprint density at radius 1 is 1.33 bits per heavy atom. The summed E-state index contributed by atoms with van der Waals surface area (Å²) in [6, 6.07) is 9.38. The average molecular weight is 265 g/mol. The monoisotopic (exact) mass is 265 g/mol. The normalized spacial score (nSPS) is 24.6. The van der Waals surface area contributed by atoms with Crippen molar-refractivity contribution < 1.29 is 4.21 Å². The Bertz CT molecular complexity index is 413. The Morgan fingerprint density at radius 3 is 2.72 bits per heavy atom. The lowest BCUT2D eigenvalue weighted by atomic mass is 9.74. The van der Waals surface area contributed by atoms with Gasteiger partial charge in [0.2, 0.25) is 0 Å². The number of rotatable bonds is 6. The van der Waals surface area contributed by atoms with Gasteiger partial charge in [-0.3, -0.25) is 4.21 Å². The van der Waals surface area contributed by atoms with Crippen LogP contribution < -0.4 is 5.32 Å². The smallest absolute Gasteiger partial charge is 0.0244 e. The molecular formula is C15H23NOS. The van der Waals surface area contributed by atoms with Crippen LogP contribution >= 0.6 is 0 Å². The van der Waals surface area contributed by atoms with E-state index in [0.717, 1.165) is 24.6 Å². The zero-order valence-electron chi connectivity index (χ0n) is 11.3. The van der Waals surface area contributed by atoms with E-state index in [-0.39, 0.29) is 0 Å². The molecule has 1 saturated carbocycles. The molecule has 1 aromatic carbocycles. The fraction of sp³-hybridized carbons (Fsp3) is 0.600. The molecule has 2 nitrogen and oxygen atoms in total. The SMILES string of the molecule is Cc1ccccc1C1CC(NCCCS(C)=O)C1. The van der Waals surface area contributed by atoms with Crippen molar-refractivity contribution in [2.45, 2.75) is 38.1 Å². The van der Waals surface area contributed by atoms with Gasteiger partial charge in [0, 0.05) is 28.9 Å². The van der Waals surface area contributed by atoms with Crippen LogP contribution in [-0.4, -0.2) is 28.8 Å². The molecule has 1 atom stereocenters. The van der Waals surface area contributed by atoms with E-state index in [2.05, 4.69) is 36.5 Å². The topological polar surface area (TPSA) is 29.1 Å². The molecule has 0 aliphatic heterocycles. The quantitative estimate of drug-likeness (QED) is 0.801. The van der Waals surface area contributed by atoms with Crippen LogP contribution in [0.5, 0.6) is 0 Å². The van der Waals surface area contributed by atoms with Gasteiger partial charge in [0.05, 0.1) is 0 Å². The standard InChI is InChI=1S/C15H23NOS/c1-12-6-3-4-7-15(12)13-10-14(11-13)16-8-5-9-18(2)17/h3-4,6-7,13-14,16H,5,8-11H2,1-2H3. The number of hydrogen-bond donors (Lipinski definition) is 1. The van der Waals surface area contributed by atoms with E-state index in [4.69, 9.17) is 0 Å². The Kier molecular flexibility index (Phi) is 4.95. The van der Waals surface area contributed by atoms with Crippen molar-refractivity contribution in [2.24, 2.45) is 0 Å². The lowest BCUT2D eigenvalue weighted by molar-refractivity contribution is 0.291. The highest BCUT2D eigenvalue weighted by molar-refractivity contribution is 7.84. The third kappa shape index (κ3) is 3.66. The van der Waals surface area contributed by atoms with E-state index in [1.54, 1.807) is 6.26 Å². The summed E-state index contributed by atoms with van der Waals surface area (Å²) in [6.07, 6.45) is 5.30. The van der Waals surface area contributed by atoms with E-state index < -0.39 is 10.8 Å². The molecule has 0 amide bonds. The minimum absolute atomic E-state index is 0.644. The summed E-state index contributed by atoms with van der Waals surface area (Å²) in [5.74, 6) is 1.56. The second-order valence-corrected chi connectivity index (χ2v) is 6.86. The molecule has 2 rings (SSSR count). The highest BCUT2D eigenvalue weighted by Crippen LogP contribution is 2.38. The van der Waals surface area contributed by atoms with Crippen molar-refractivity contribution in [3.8, 4) is 0 Å². The van der Waals surface area contributed by atoms with Gasteiger partial charge in [0.25, 0.3) is 0 Å². The summed E-state index contributed by atoms with van der Waals surface area (Å²) in [7, 11) is -0.644. The van der Waals surface area contributed by atoms with Crippen LogP contribution in [0.2, 0.25) is 0 Å². The third-order valence-corrected chi connectivity index (χ3v) is 4.67. The molecule has 1 aliphatic rings. The highest BCUT2D eigenvalue weighted by atomic mass is 32.2. The minimum Gasteiger partial charge on any atom is -0.314 e. The summed E-state index contributed by atoms with van der Waals surface area (Å²) in [5, 5.41) is 3.56. The van der Waals surface area contributed by atoms with Gasteiger partial charge in [0.1, 0.15) is 0 Å². The van der Waals surface area contributed by atoms with Gasteiger partial charge < -0.3 is 5.32 Å². The maximum absolute atomic E-state index is 10.9. The fourth-order valence-electron chi connectivity index (χ4n) is 2.66. The van der Waals surface area contributed by atoms with Crippen LogP contribution in [0.4, 0.5) is 0 Å². The summed E-state index contributed by atoms with van der Waals surface area (Å²) in [5.41, 5.74) is 2.94. The van der Waals surface area contributed by atoms with Gasteiger partial charge in [-0.25, -0.2) is 0 Å². The van der Waals surface area contributed by atoms with Crippen molar-refractivity contribution >= 4 is 10.8 Å². The van der Waals surface area contributed by atoms with Crippen molar-refractivity contribution in [1.82, 2.24) is 5.32 Å². The summed E-state index contributed by atoms with van der Waals surface area (Å²) < 4.78 is 10.9. The number of aryl methyl sites for hydroxylation is 1. The summed E-state index contributed by atoms with van der Waals surface area (Å²) >= 11 is 0. The molecule has 0 spiro atoms. The Morgan fingerprint density at radius 2 is 2.06 bits per heavy atom. The fourth-order valence-corrected chi connectivity index (χ4v) is 3.22. The second-order valence-electron chi connectivity index (χ2n) is 5.31. The Hall–Kier alpha value is -0.670. The average Bonchev–Trinajstić information content (AvgIpc) is 2.28. The van der Waals surface area contributed by atoms with E-state index in [1.165, 1.54) is 24.0 Å². The molecule has 1 unspecified atom stereocenters. The number of benzene rings is 1. The van der Waals surface area contributed by atoms with Crippen LogP contribution in [0.3, 0.4) is 0 Å². The molecule has 0 radical (unpaired) electrons. The zero-order valence-corrected chi connectivity index (χ0v) is 12.1. The van der Waals surface area contributed by atoms with Gasteiger partial charge >= 0.3 is 0 Å². The minimum atomic E-state index is -0.644. The molecule has 18 heavy (non-hydrogen) atoms. The van der Waals surface area contributed by atoms with Crippen LogP contribution in [-0.2, 0) is 10.8 Å². The van der Waals surface area contributed by atoms with Gasteiger partial charge in [-0.1, -0.05) is 24.3 Å². The molecule has 100 valence electrons. The van der Waals surface area contributed by atoms with Crippen molar-refractivity contribution in [3.63, 3.8) is 0 Å². The maximum atomic E-state index is 10.9. The molecule has 1 N–H and O–H groups in total. The number of hydrogen-bond acceptors (Lipinski definition) is 2. The molecule has 3 heteroatoms. The first-order valence-electron chi connectivity index (χ1n) is 6.75. The van der Waals surface area contributed by atoms with Crippen molar-refractivity contribution in [2.75, 3.05) is 18.6 Å². The molecule has 1 aliphatic carbocycles. The zero-order chi connectivity index (χ0) is 13.0. The van der Waals surface area contributed by atoms with E-state index in [1.807, 2.05) is 0 Å². The van der Waals surface area contributed by atoms with Crippen LogP contribution in [0, 0.1) is 6.92 Å². The second kappa shape index (κ2) is 6.48. The van der Waals surface area contributed by atoms with Crippen molar-refractivity contribution in [1.29, 1.82) is 0 Å². The largest absolute Gasteiger partial charge is 0.314 e. The van der Waals surface area contributed by atoms with Gasteiger partial charge in [-0.2, -0.15) is 0 Å². The molecule has 0 saturated heterocycles. The van der Waals surface area contributed by atoms with Crippen molar-refractivity contribution in [3.05, 3.63) is 35.4 Å². The van der Waals surface area contributed by atoms with E-state index >= 15 is 0 Å². The predicted octanol–water partition coefficient (Wildman–Crippen LogP) is 2.60. The lowest BCUT2D eigenvalue weighted by Crippen LogP contribution is -2.40. The maximum Gasteiger partial charge on any atom is 0.0244 e. The molecular weight excluding hydrogens is 242 g/mol. The summed E-state index contributed by atoms with van der Waals surface area (Å²) in [6.45, 7) is 3.21. The molecule has 1 aromatic rings. The molecule has 0 aromatic heterocycles. The first-order valence-corrected chi connectivity index (χ1v) is 8.48. The van der Waals surface area contributed by atoms with Crippen LogP contribution in [0.1, 0.15) is 36.3 Å². The van der Waals surface area contributed by atoms with E-state index in [9.17, 15) is 4.21 Å². The Labute approximate surface area is 113 Å². The van der Waals surface area contributed by atoms with Gasteiger partial charge in [-0.15, -0.1) is 0 Å². The molecule has 0 heterocycles. The number of nitrogens with one attached hydrogen (secondary N) is 1. The highest BCUT2D eigenvalue weighted by Gasteiger charge is 2.30. The molecule has 1 fully saturated rings. The lowest BCUT2D eigenvalue weighted by Gasteiger charge is -2.37. The van der Waals surface area contributed by atoms with Gasteiger partial charge in [0.15, 0.2) is 0 Å². The Balaban J connectivity index is 1.68. The third-order valence-electron chi connectivity index (χ3n) is 3.81. The first-order chi connectivity index (χ1) is 8.66. The summed E-state index contributed by atoms with van der Waals surface area (Å²) in [4.78, 5) is 0. The van der Waals surface area contributed by atoms with Crippen LogP contribution in [0.25, 0.3) is 0 Å². The van der Waals surface area contributed by atoms with Gasteiger partial charge in [-0.05, 0) is 49.8 Å². The first kappa shape index (κ1) is 13.8.